The second-order valence-electron chi connectivity index (χ2n) is 5.81. The highest BCUT2D eigenvalue weighted by Crippen LogP contribution is 2.26. The highest BCUT2D eigenvalue weighted by Gasteiger charge is 2.15. The summed E-state index contributed by atoms with van der Waals surface area (Å²) < 4.78 is 3.50. The molecule has 4 rings (SSSR count). The molecule has 0 saturated carbocycles. The number of aromatic nitrogens is 7. The lowest BCUT2D eigenvalue weighted by atomic mass is 9.91. The molecule has 7 heteroatoms. The highest BCUT2D eigenvalue weighted by atomic mass is 15.5. The van der Waals surface area contributed by atoms with E-state index in [4.69, 9.17) is 0 Å². The lowest BCUT2D eigenvalue weighted by molar-refractivity contribution is 0.544. The Kier molecular flexibility index (Phi) is 4.28. The SMILES string of the molecule is c1ccc(C(Cn2cc(Cn3cnnn3)nn2)c2ccccc2)cc1. The Morgan fingerprint density at radius 1 is 0.800 bits per heavy atom. The second kappa shape index (κ2) is 7.04. The van der Waals surface area contributed by atoms with Crippen molar-refractivity contribution in [3.8, 4) is 0 Å². The summed E-state index contributed by atoms with van der Waals surface area (Å²) in [7, 11) is 0. The van der Waals surface area contributed by atoms with Crippen LogP contribution >= 0.6 is 0 Å². The van der Waals surface area contributed by atoms with Crippen molar-refractivity contribution in [2.45, 2.75) is 19.0 Å². The van der Waals surface area contributed by atoms with E-state index in [0.29, 0.717) is 6.54 Å². The zero-order valence-corrected chi connectivity index (χ0v) is 13.6. The fourth-order valence-corrected chi connectivity index (χ4v) is 2.88. The van der Waals surface area contributed by atoms with E-state index in [-0.39, 0.29) is 5.92 Å². The Morgan fingerprint density at radius 2 is 1.48 bits per heavy atom. The van der Waals surface area contributed by atoms with Gasteiger partial charge in [0.05, 0.1) is 19.3 Å². The van der Waals surface area contributed by atoms with Gasteiger partial charge in [-0.1, -0.05) is 65.9 Å². The molecule has 7 nitrogen and oxygen atoms in total. The molecule has 0 N–H and O–H groups in total. The molecule has 0 saturated heterocycles. The van der Waals surface area contributed by atoms with Crippen LogP contribution in [0.2, 0.25) is 0 Å². The van der Waals surface area contributed by atoms with Gasteiger partial charge in [-0.3, -0.25) is 4.68 Å². The average molecular weight is 331 g/mol. The van der Waals surface area contributed by atoms with Gasteiger partial charge in [-0.15, -0.1) is 10.2 Å². The predicted octanol–water partition coefficient (Wildman–Crippen LogP) is 2.14. The lowest BCUT2D eigenvalue weighted by Crippen LogP contribution is -2.11. The average Bonchev–Trinajstić information content (AvgIpc) is 3.34. The quantitative estimate of drug-likeness (QED) is 0.541. The van der Waals surface area contributed by atoms with E-state index < -0.39 is 0 Å². The summed E-state index contributed by atoms with van der Waals surface area (Å²) in [5.41, 5.74) is 3.34. The number of benzene rings is 2. The van der Waals surface area contributed by atoms with Gasteiger partial charge in [0, 0.05) is 5.92 Å². The Hall–Kier alpha value is -3.35. The third kappa shape index (κ3) is 3.60. The first-order valence-electron chi connectivity index (χ1n) is 8.08. The molecule has 25 heavy (non-hydrogen) atoms. The molecule has 0 aliphatic carbocycles. The van der Waals surface area contributed by atoms with Gasteiger partial charge in [0.2, 0.25) is 0 Å². The van der Waals surface area contributed by atoms with E-state index >= 15 is 0 Å². The number of nitrogens with zero attached hydrogens (tertiary/aromatic N) is 7. The van der Waals surface area contributed by atoms with Gasteiger partial charge < -0.3 is 0 Å². The molecule has 0 aliphatic rings. The van der Waals surface area contributed by atoms with Gasteiger partial charge in [-0.25, -0.2) is 4.68 Å². The largest absolute Gasteiger partial charge is 0.251 e. The fraction of sp³-hybridized carbons (Fsp3) is 0.167. The first-order valence-corrected chi connectivity index (χ1v) is 8.08. The van der Waals surface area contributed by atoms with Crippen LogP contribution in [0.4, 0.5) is 0 Å². The van der Waals surface area contributed by atoms with Crippen molar-refractivity contribution < 1.29 is 0 Å². The van der Waals surface area contributed by atoms with Crippen LogP contribution in [0.15, 0.2) is 73.2 Å². The zero-order valence-electron chi connectivity index (χ0n) is 13.6. The summed E-state index contributed by atoms with van der Waals surface area (Å²) >= 11 is 0. The van der Waals surface area contributed by atoms with E-state index in [9.17, 15) is 0 Å². The minimum Gasteiger partial charge on any atom is -0.251 e. The maximum atomic E-state index is 4.27. The standard InChI is InChI=1S/C18H17N7/c1-3-7-15(8-4-1)18(16-9-5-2-6-10-16)13-24-11-17(20-22-24)12-25-14-19-21-23-25/h1-11,14,18H,12-13H2. The second-order valence-corrected chi connectivity index (χ2v) is 5.81. The van der Waals surface area contributed by atoms with E-state index in [1.165, 1.54) is 11.1 Å². The van der Waals surface area contributed by atoms with Crippen molar-refractivity contribution in [2.24, 2.45) is 0 Å². The molecule has 2 aromatic heterocycles. The van der Waals surface area contributed by atoms with Crippen molar-refractivity contribution in [3.63, 3.8) is 0 Å². The van der Waals surface area contributed by atoms with Crippen LogP contribution in [0.1, 0.15) is 22.7 Å². The Bertz CT molecular complexity index is 862. The maximum absolute atomic E-state index is 4.27. The Balaban J connectivity index is 1.58. The third-order valence-electron chi connectivity index (χ3n) is 4.08. The number of rotatable bonds is 6. The van der Waals surface area contributed by atoms with Gasteiger partial charge >= 0.3 is 0 Å². The number of hydrogen-bond acceptors (Lipinski definition) is 5. The van der Waals surface area contributed by atoms with Crippen LogP contribution in [0.3, 0.4) is 0 Å². The molecule has 4 aromatic rings. The highest BCUT2D eigenvalue weighted by molar-refractivity contribution is 5.32. The van der Waals surface area contributed by atoms with Crippen LogP contribution in [0.25, 0.3) is 0 Å². The minimum absolute atomic E-state index is 0.213. The summed E-state index contributed by atoms with van der Waals surface area (Å²) in [6.07, 6.45) is 3.51. The van der Waals surface area contributed by atoms with Gasteiger partial charge in [0.25, 0.3) is 0 Å². The van der Waals surface area contributed by atoms with E-state index in [1.807, 2.05) is 23.0 Å². The summed E-state index contributed by atoms with van der Waals surface area (Å²) in [6, 6.07) is 20.9. The molecular formula is C18H17N7. The minimum atomic E-state index is 0.213. The van der Waals surface area contributed by atoms with Crippen LogP contribution in [-0.4, -0.2) is 35.2 Å². The van der Waals surface area contributed by atoms with E-state index in [2.05, 4.69) is 74.4 Å². The van der Waals surface area contributed by atoms with Crippen LogP contribution in [0.5, 0.6) is 0 Å². The summed E-state index contributed by atoms with van der Waals surface area (Å²) in [6.45, 7) is 1.23. The van der Waals surface area contributed by atoms with E-state index in [1.54, 1.807) is 11.0 Å². The molecule has 2 heterocycles. The van der Waals surface area contributed by atoms with Crippen molar-refractivity contribution in [3.05, 3.63) is 90.0 Å². The van der Waals surface area contributed by atoms with Crippen LogP contribution in [0, 0.1) is 0 Å². The first kappa shape index (κ1) is 15.2. The van der Waals surface area contributed by atoms with Crippen molar-refractivity contribution in [2.75, 3.05) is 0 Å². The normalized spacial score (nSPS) is 11.1. The van der Waals surface area contributed by atoms with Gasteiger partial charge in [-0.05, 0) is 21.6 Å². The number of hydrogen-bond donors (Lipinski definition) is 0. The maximum Gasteiger partial charge on any atom is 0.138 e. The zero-order chi connectivity index (χ0) is 16.9. The molecule has 124 valence electrons. The Labute approximate surface area is 144 Å². The van der Waals surface area contributed by atoms with Gasteiger partial charge in [0.1, 0.15) is 12.0 Å². The molecule has 0 amide bonds. The summed E-state index contributed by atoms with van der Waals surface area (Å²) in [5, 5.41) is 19.6. The van der Waals surface area contributed by atoms with Gasteiger partial charge in [0.15, 0.2) is 0 Å². The van der Waals surface area contributed by atoms with Crippen molar-refractivity contribution in [1.29, 1.82) is 0 Å². The lowest BCUT2D eigenvalue weighted by Gasteiger charge is -2.17. The van der Waals surface area contributed by atoms with Crippen LogP contribution < -0.4 is 0 Å². The predicted molar refractivity (Wildman–Crippen MR) is 91.7 cm³/mol. The molecule has 0 aliphatic heterocycles. The van der Waals surface area contributed by atoms with Crippen LogP contribution in [-0.2, 0) is 13.1 Å². The molecule has 0 bridgehead atoms. The molecule has 0 unspecified atom stereocenters. The smallest absolute Gasteiger partial charge is 0.138 e. The molecule has 2 aromatic carbocycles. The van der Waals surface area contributed by atoms with Crippen molar-refractivity contribution in [1.82, 2.24) is 35.2 Å². The topological polar surface area (TPSA) is 74.3 Å². The molecule has 0 radical (unpaired) electrons. The molecule has 0 atom stereocenters. The Morgan fingerprint density at radius 3 is 2.08 bits per heavy atom. The molecule has 0 spiro atoms. The van der Waals surface area contributed by atoms with E-state index in [0.717, 1.165) is 12.2 Å². The third-order valence-corrected chi connectivity index (χ3v) is 4.08. The molecule has 0 fully saturated rings. The first-order chi connectivity index (χ1) is 12.4. The monoisotopic (exact) mass is 331 g/mol. The van der Waals surface area contributed by atoms with Crippen molar-refractivity contribution >= 4 is 0 Å². The summed E-state index contributed by atoms with van der Waals surface area (Å²) in [4.78, 5) is 0. The number of tetrazole rings is 1. The molecular weight excluding hydrogens is 314 g/mol. The van der Waals surface area contributed by atoms with Gasteiger partial charge in [-0.2, -0.15) is 0 Å². The summed E-state index contributed by atoms with van der Waals surface area (Å²) in [5.74, 6) is 0.213. The fourth-order valence-electron chi connectivity index (χ4n) is 2.88.